The van der Waals surface area contributed by atoms with E-state index in [2.05, 4.69) is 25.2 Å². The Morgan fingerprint density at radius 3 is 2.65 bits per heavy atom. The number of likely N-dealkylation sites (N-methyl/N-ethyl adjacent to an activating group) is 1. The summed E-state index contributed by atoms with van der Waals surface area (Å²) in [4.78, 5) is 15.4. The highest BCUT2D eigenvalue weighted by atomic mass is 15.3. The van der Waals surface area contributed by atoms with Crippen LogP contribution in [0.25, 0.3) is 11.1 Å². The number of nitrogens with zero attached hydrogens (tertiary/aromatic N) is 4. The van der Waals surface area contributed by atoms with Crippen LogP contribution < -0.4 is 10.2 Å². The first-order valence-corrected chi connectivity index (χ1v) is 7.02. The minimum atomic E-state index is 0.506. The summed E-state index contributed by atoms with van der Waals surface area (Å²) in [5.74, 6) is 0.834. The van der Waals surface area contributed by atoms with E-state index in [4.69, 9.17) is 0 Å². The normalized spacial score (nSPS) is 18.4. The third-order valence-corrected chi connectivity index (χ3v) is 3.73. The molecule has 1 aliphatic heterocycles. The molecule has 104 valence electrons. The average molecular weight is 269 g/mol. The fourth-order valence-electron chi connectivity index (χ4n) is 2.71. The molecule has 3 rings (SSSR count). The van der Waals surface area contributed by atoms with Crippen LogP contribution in [-0.4, -0.2) is 41.1 Å². The minimum Gasteiger partial charge on any atom is -0.337 e. The summed E-state index contributed by atoms with van der Waals surface area (Å²) in [5.41, 5.74) is 2.13. The van der Waals surface area contributed by atoms with Crippen LogP contribution in [0.5, 0.6) is 0 Å². The summed E-state index contributed by atoms with van der Waals surface area (Å²) in [6.45, 7) is 2.02. The number of hydrogen-bond acceptors (Lipinski definition) is 5. The van der Waals surface area contributed by atoms with Crippen LogP contribution in [0.15, 0.2) is 36.9 Å². The Morgan fingerprint density at radius 2 is 1.95 bits per heavy atom. The number of hydrogen-bond donors (Lipinski definition) is 1. The predicted molar refractivity (Wildman–Crippen MR) is 79.6 cm³/mol. The van der Waals surface area contributed by atoms with Crippen molar-refractivity contribution in [1.29, 1.82) is 0 Å². The number of rotatable bonds is 4. The number of aromatic nitrogens is 3. The Bertz CT molecular complexity index is 540. The topological polar surface area (TPSA) is 53.9 Å². The molecule has 0 bridgehead atoms. The lowest BCUT2D eigenvalue weighted by molar-refractivity contribution is 0.607. The Morgan fingerprint density at radius 1 is 1.20 bits per heavy atom. The van der Waals surface area contributed by atoms with Gasteiger partial charge in [-0.2, -0.15) is 0 Å². The molecule has 0 saturated carbocycles. The van der Waals surface area contributed by atoms with Crippen LogP contribution in [0.3, 0.4) is 0 Å². The van der Waals surface area contributed by atoms with Gasteiger partial charge >= 0.3 is 0 Å². The van der Waals surface area contributed by atoms with Gasteiger partial charge in [-0.25, -0.2) is 9.97 Å². The summed E-state index contributed by atoms with van der Waals surface area (Å²) < 4.78 is 0. The van der Waals surface area contributed by atoms with E-state index < -0.39 is 0 Å². The van der Waals surface area contributed by atoms with E-state index in [0.29, 0.717) is 6.04 Å². The molecule has 2 aromatic rings. The van der Waals surface area contributed by atoms with Crippen molar-refractivity contribution in [3.05, 3.63) is 36.9 Å². The van der Waals surface area contributed by atoms with Gasteiger partial charge in [0, 0.05) is 49.5 Å². The molecule has 5 heteroatoms. The van der Waals surface area contributed by atoms with Crippen molar-refractivity contribution < 1.29 is 0 Å². The van der Waals surface area contributed by atoms with Gasteiger partial charge in [-0.05, 0) is 37.6 Å². The summed E-state index contributed by atoms with van der Waals surface area (Å²) in [6, 6.07) is 4.45. The first kappa shape index (κ1) is 13.0. The van der Waals surface area contributed by atoms with Gasteiger partial charge in [0.2, 0.25) is 5.95 Å². The smallest absolute Gasteiger partial charge is 0.225 e. The van der Waals surface area contributed by atoms with E-state index in [1.54, 1.807) is 12.4 Å². The highest BCUT2D eigenvalue weighted by Crippen LogP contribution is 2.23. The highest BCUT2D eigenvalue weighted by Gasteiger charge is 2.25. The second kappa shape index (κ2) is 5.96. The van der Waals surface area contributed by atoms with Crippen molar-refractivity contribution in [2.45, 2.75) is 18.9 Å². The first-order chi connectivity index (χ1) is 9.88. The van der Waals surface area contributed by atoms with Crippen molar-refractivity contribution in [1.82, 2.24) is 20.3 Å². The van der Waals surface area contributed by atoms with Gasteiger partial charge in [0.05, 0.1) is 0 Å². The van der Waals surface area contributed by atoms with Gasteiger partial charge in [0.15, 0.2) is 0 Å². The van der Waals surface area contributed by atoms with Gasteiger partial charge in [-0.15, -0.1) is 0 Å². The summed E-state index contributed by atoms with van der Waals surface area (Å²) in [7, 11) is 1.99. The lowest BCUT2D eigenvalue weighted by Crippen LogP contribution is -2.37. The molecule has 3 heterocycles. The third kappa shape index (κ3) is 2.63. The largest absolute Gasteiger partial charge is 0.337 e. The van der Waals surface area contributed by atoms with E-state index in [1.165, 1.54) is 12.8 Å². The number of pyridine rings is 1. The van der Waals surface area contributed by atoms with Crippen LogP contribution in [0.4, 0.5) is 5.95 Å². The molecule has 0 spiro atoms. The maximum Gasteiger partial charge on any atom is 0.225 e. The SMILES string of the molecule is CNCC1CCCN1c1ncc(-c2ccncc2)cn1. The standard InChI is InChI=1S/C15H19N5/c1-16-11-14-3-2-8-20(14)15-18-9-13(10-19-15)12-4-6-17-7-5-12/h4-7,9-10,14,16H,2-3,8,11H2,1H3. The molecule has 2 aromatic heterocycles. The molecule has 1 atom stereocenters. The maximum atomic E-state index is 4.54. The lowest BCUT2D eigenvalue weighted by Gasteiger charge is -2.24. The van der Waals surface area contributed by atoms with E-state index in [1.807, 2.05) is 31.6 Å². The molecule has 0 radical (unpaired) electrons. The van der Waals surface area contributed by atoms with E-state index in [-0.39, 0.29) is 0 Å². The molecular formula is C15H19N5. The van der Waals surface area contributed by atoms with Gasteiger partial charge in [-0.1, -0.05) is 0 Å². The van der Waals surface area contributed by atoms with Crippen molar-refractivity contribution in [3.8, 4) is 11.1 Å². The lowest BCUT2D eigenvalue weighted by atomic mass is 10.1. The van der Waals surface area contributed by atoms with Crippen LogP contribution in [0.2, 0.25) is 0 Å². The van der Waals surface area contributed by atoms with Crippen molar-refractivity contribution in [2.75, 3.05) is 25.0 Å². The second-order valence-electron chi connectivity index (χ2n) is 5.05. The maximum absolute atomic E-state index is 4.54. The number of nitrogens with one attached hydrogen (secondary N) is 1. The Balaban J connectivity index is 1.79. The highest BCUT2D eigenvalue weighted by molar-refractivity contribution is 5.61. The minimum absolute atomic E-state index is 0.506. The summed E-state index contributed by atoms with van der Waals surface area (Å²) in [5, 5.41) is 3.24. The zero-order valence-electron chi connectivity index (χ0n) is 11.7. The van der Waals surface area contributed by atoms with E-state index >= 15 is 0 Å². The Labute approximate surface area is 119 Å². The molecule has 20 heavy (non-hydrogen) atoms. The first-order valence-electron chi connectivity index (χ1n) is 7.02. The third-order valence-electron chi connectivity index (χ3n) is 3.73. The second-order valence-corrected chi connectivity index (χ2v) is 5.05. The van der Waals surface area contributed by atoms with Crippen molar-refractivity contribution in [3.63, 3.8) is 0 Å². The molecule has 1 aliphatic rings. The molecule has 0 aliphatic carbocycles. The number of anilines is 1. The van der Waals surface area contributed by atoms with Crippen LogP contribution >= 0.6 is 0 Å². The fourth-order valence-corrected chi connectivity index (χ4v) is 2.71. The monoisotopic (exact) mass is 269 g/mol. The molecule has 1 saturated heterocycles. The average Bonchev–Trinajstić information content (AvgIpc) is 2.97. The predicted octanol–water partition coefficient (Wildman–Crippen LogP) is 1.73. The van der Waals surface area contributed by atoms with Gasteiger partial charge in [0.1, 0.15) is 0 Å². The Hall–Kier alpha value is -2.01. The molecule has 5 nitrogen and oxygen atoms in total. The van der Waals surface area contributed by atoms with Crippen LogP contribution in [-0.2, 0) is 0 Å². The van der Waals surface area contributed by atoms with Gasteiger partial charge in [0.25, 0.3) is 0 Å². The van der Waals surface area contributed by atoms with Crippen LogP contribution in [0.1, 0.15) is 12.8 Å². The quantitative estimate of drug-likeness (QED) is 0.916. The molecule has 1 fully saturated rings. The molecule has 1 unspecified atom stereocenters. The van der Waals surface area contributed by atoms with Gasteiger partial charge < -0.3 is 10.2 Å². The van der Waals surface area contributed by atoms with Crippen molar-refractivity contribution in [2.24, 2.45) is 0 Å². The molecule has 0 amide bonds. The van der Waals surface area contributed by atoms with Gasteiger partial charge in [-0.3, -0.25) is 4.98 Å². The summed E-state index contributed by atoms with van der Waals surface area (Å²) in [6.07, 6.45) is 9.77. The molecular weight excluding hydrogens is 250 g/mol. The van der Waals surface area contributed by atoms with E-state index in [9.17, 15) is 0 Å². The van der Waals surface area contributed by atoms with Crippen LogP contribution in [0, 0.1) is 0 Å². The summed E-state index contributed by atoms with van der Waals surface area (Å²) >= 11 is 0. The fraction of sp³-hybridized carbons (Fsp3) is 0.400. The molecule has 0 aromatic carbocycles. The van der Waals surface area contributed by atoms with Crippen molar-refractivity contribution >= 4 is 5.95 Å². The zero-order chi connectivity index (χ0) is 13.8. The zero-order valence-corrected chi connectivity index (χ0v) is 11.7. The molecule has 1 N–H and O–H groups in total. The van der Waals surface area contributed by atoms with E-state index in [0.717, 1.165) is 30.2 Å². The Kier molecular flexibility index (Phi) is 3.87.